The van der Waals surface area contributed by atoms with Crippen LogP contribution in [0.2, 0.25) is 0 Å². The monoisotopic (exact) mass is 207 g/mol. The molecule has 2 aliphatic heterocycles. The number of hydrogen-bond donors (Lipinski definition) is 1. The fourth-order valence-corrected chi connectivity index (χ4v) is 1.82. The van der Waals surface area contributed by atoms with Crippen molar-refractivity contribution in [2.75, 3.05) is 25.1 Å². The molecular formula is C11H13NO3. The summed E-state index contributed by atoms with van der Waals surface area (Å²) in [6, 6.07) is 3.84. The zero-order chi connectivity index (χ0) is 10.3. The Morgan fingerprint density at radius 1 is 1.13 bits per heavy atom. The standard InChI is InChI=1S/C11H13NO3/c1-7-6-12-8-4-10-11(5-9(8)15-7)14-3-2-13-10/h4-5,7,12H,2-3,6H2,1H3. The van der Waals surface area contributed by atoms with Crippen molar-refractivity contribution in [2.45, 2.75) is 13.0 Å². The Morgan fingerprint density at radius 2 is 1.87 bits per heavy atom. The molecule has 0 saturated heterocycles. The van der Waals surface area contributed by atoms with Crippen molar-refractivity contribution in [1.82, 2.24) is 0 Å². The van der Waals surface area contributed by atoms with Crippen LogP contribution >= 0.6 is 0 Å². The number of hydrogen-bond acceptors (Lipinski definition) is 4. The van der Waals surface area contributed by atoms with Gasteiger partial charge >= 0.3 is 0 Å². The van der Waals surface area contributed by atoms with Crippen molar-refractivity contribution in [3.05, 3.63) is 12.1 Å². The fraction of sp³-hybridized carbons (Fsp3) is 0.455. The molecule has 0 saturated carbocycles. The quantitative estimate of drug-likeness (QED) is 0.702. The largest absolute Gasteiger partial charge is 0.487 e. The lowest BCUT2D eigenvalue weighted by Gasteiger charge is -2.27. The molecule has 0 fully saturated rings. The van der Waals surface area contributed by atoms with Gasteiger partial charge in [0.05, 0.1) is 12.2 Å². The van der Waals surface area contributed by atoms with E-state index in [-0.39, 0.29) is 6.10 Å². The van der Waals surface area contributed by atoms with Crippen LogP contribution in [-0.2, 0) is 0 Å². The Hall–Kier alpha value is -1.58. The normalized spacial score (nSPS) is 22.3. The lowest BCUT2D eigenvalue weighted by Crippen LogP contribution is -2.28. The summed E-state index contributed by atoms with van der Waals surface area (Å²) in [5.74, 6) is 2.42. The average molecular weight is 207 g/mol. The molecule has 2 heterocycles. The summed E-state index contributed by atoms with van der Waals surface area (Å²) in [7, 11) is 0. The topological polar surface area (TPSA) is 39.7 Å². The van der Waals surface area contributed by atoms with Crippen molar-refractivity contribution in [3.63, 3.8) is 0 Å². The molecule has 0 amide bonds. The third-order valence-corrected chi connectivity index (χ3v) is 2.55. The van der Waals surface area contributed by atoms with Gasteiger partial charge in [-0.3, -0.25) is 0 Å². The zero-order valence-corrected chi connectivity index (χ0v) is 8.58. The molecule has 0 aromatic heterocycles. The van der Waals surface area contributed by atoms with E-state index in [0.717, 1.165) is 29.5 Å². The van der Waals surface area contributed by atoms with E-state index in [1.54, 1.807) is 0 Å². The van der Waals surface area contributed by atoms with Crippen molar-refractivity contribution in [1.29, 1.82) is 0 Å². The van der Waals surface area contributed by atoms with Crippen LogP contribution in [0.25, 0.3) is 0 Å². The van der Waals surface area contributed by atoms with Crippen LogP contribution in [0.1, 0.15) is 6.92 Å². The van der Waals surface area contributed by atoms with E-state index in [9.17, 15) is 0 Å². The lowest BCUT2D eigenvalue weighted by atomic mass is 10.2. The maximum Gasteiger partial charge on any atom is 0.165 e. The molecule has 2 aliphatic rings. The van der Waals surface area contributed by atoms with Crippen LogP contribution in [0.4, 0.5) is 5.69 Å². The lowest BCUT2D eigenvalue weighted by molar-refractivity contribution is 0.168. The molecule has 0 aliphatic carbocycles. The highest BCUT2D eigenvalue weighted by Gasteiger charge is 2.21. The Morgan fingerprint density at radius 3 is 2.67 bits per heavy atom. The molecule has 15 heavy (non-hydrogen) atoms. The van der Waals surface area contributed by atoms with Crippen molar-refractivity contribution < 1.29 is 14.2 Å². The van der Waals surface area contributed by atoms with E-state index in [2.05, 4.69) is 5.32 Å². The molecule has 80 valence electrons. The van der Waals surface area contributed by atoms with Crippen molar-refractivity contribution in [2.24, 2.45) is 0 Å². The Labute approximate surface area is 88.1 Å². The zero-order valence-electron chi connectivity index (χ0n) is 8.58. The van der Waals surface area contributed by atoms with E-state index in [1.165, 1.54) is 0 Å². The van der Waals surface area contributed by atoms with Gasteiger partial charge in [0.1, 0.15) is 25.1 Å². The maximum atomic E-state index is 5.70. The van der Waals surface area contributed by atoms with Gasteiger partial charge in [0, 0.05) is 12.1 Å². The summed E-state index contributed by atoms with van der Waals surface area (Å²) in [5, 5.41) is 3.30. The van der Waals surface area contributed by atoms with Gasteiger partial charge in [0.25, 0.3) is 0 Å². The van der Waals surface area contributed by atoms with Crippen LogP contribution in [0.15, 0.2) is 12.1 Å². The van der Waals surface area contributed by atoms with E-state index >= 15 is 0 Å². The highest BCUT2D eigenvalue weighted by atomic mass is 16.6. The number of rotatable bonds is 0. The van der Waals surface area contributed by atoms with Crippen LogP contribution in [-0.4, -0.2) is 25.9 Å². The van der Waals surface area contributed by atoms with Crippen LogP contribution in [0.5, 0.6) is 17.2 Å². The molecule has 3 rings (SSSR count). The molecule has 0 spiro atoms. The molecule has 1 N–H and O–H groups in total. The van der Waals surface area contributed by atoms with Crippen LogP contribution in [0.3, 0.4) is 0 Å². The first-order valence-electron chi connectivity index (χ1n) is 5.17. The Bertz CT molecular complexity index is 392. The molecule has 0 radical (unpaired) electrons. The van der Waals surface area contributed by atoms with Gasteiger partial charge in [-0.15, -0.1) is 0 Å². The van der Waals surface area contributed by atoms with Gasteiger partial charge in [-0.2, -0.15) is 0 Å². The van der Waals surface area contributed by atoms with Crippen molar-refractivity contribution >= 4 is 5.69 Å². The van der Waals surface area contributed by atoms with Gasteiger partial charge in [0.2, 0.25) is 0 Å². The molecular weight excluding hydrogens is 194 g/mol. The van der Waals surface area contributed by atoms with E-state index < -0.39 is 0 Å². The minimum absolute atomic E-state index is 0.194. The summed E-state index contributed by atoms with van der Waals surface area (Å²) >= 11 is 0. The minimum Gasteiger partial charge on any atom is -0.487 e. The average Bonchev–Trinajstić information content (AvgIpc) is 2.26. The first kappa shape index (κ1) is 8.71. The number of ether oxygens (including phenoxy) is 3. The number of anilines is 1. The van der Waals surface area contributed by atoms with Crippen molar-refractivity contribution in [3.8, 4) is 17.2 Å². The minimum atomic E-state index is 0.194. The molecule has 1 unspecified atom stereocenters. The highest BCUT2D eigenvalue weighted by Crippen LogP contribution is 2.41. The maximum absolute atomic E-state index is 5.70. The molecule has 4 heteroatoms. The van der Waals surface area contributed by atoms with E-state index in [0.29, 0.717) is 13.2 Å². The second kappa shape index (κ2) is 3.22. The second-order valence-electron chi connectivity index (χ2n) is 3.80. The summed E-state index contributed by atoms with van der Waals surface area (Å²) in [6.45, 7) is 4.08. The third-order valence-electron chi connectivity index (χ3n) is 2.55. The Kier molecular flexibility index (Phi) is 1.87. The second-order valence-corrected chi connectivity index (χ2v) is 3.80. The van der Waals surface area contributed by atoms with E-state index in [1.807, 2.05) is 19.1 Å². The van der Waals surface area contributed by atoms with Gasteiger partial charge in [-0.25, -0.2) is 0 Å². The summed E-state index contributed by atoms with van der Waals surface area (Å²) in [6.07, 6.45) is 0.194. The summed E-state index contributed by atoms with van der Waals surface area (Å²) in [4.78, 5) is 0. The molecule has 1 aromatic carbocycles. The third kappa shape index (κ3) is 1.46. The first-order valence-corrected chi connectivity index (χ1v) is 5.17. The highest BCUT2D eigenvalue weighted by molar-refractivity contribution is 5.65. The summed E-state index contributed by atoms with van der Waals surface area (Å²) in [5.41, 5.74) is 0.984. The summed E-state index contributed by atoms with van der Waals surface area (Å²) < 4.78 is 16.7. The van der Waals surface area contributed by atoms with Crippen LogP contribution in [0, 0.1) is 0 Å². The molecule has 4 nitrogen and oxygen atoms in total. The first-order chi connectivity index (χ1) is 7.33. The SMILES string of the molecule is CC1CNc2cc3c(cc2O1)OCCO3. The van der Waals surface area contributed by atoms with Gasteiger partial charge < -0.3 is 19.5 Å². The molecule has 0 bridgehead atoms. The predicted molar refractivity (Wildman–Crippen MR) is 56.0 cm³/mol. The number of fused-ring (bicyclic) bond motifs is 2. The predicted octanol–water partition coefficient (Wildman–Crippen LogP) is 1.65. The van der Waals surface area contributed by atoms with Gasteiger partial charge in [-0.05, 0) is 6.92 Å². The number of benzene rings is 1. The number of nitrogens with one attached hydrogen (secondary N) is 1. The molecule has 1 aromatic rings. The molecule has 1 atom stereocenters. The fourth-order valence-electron chi connectivity index (χ4n) is 1.82. The van der Waals surface area contributed by atoms with Gasteiger partial charge in [-0.1, -0.05) is 0 Å². The van der Waals surface area contributed by atoms with Gasteiger partial charge in [0.15, 0.2) is 11.5 Å². The van der Waals surface area contributed by atoms with E-state index in [4.69, 9.17) is 14.2 Å². The Balaban J connectivity index is 2.02. The smallest absolute Gasteiger partial charge is 0.165 e. The van der Waals surface area contributed by atoms with Crippen LogP contribution < -0.4 is 19.5 Å².